The van der Waals surface area contributed by atoms with Gasteiger partial charge in [0.05, 0.1) is 0 Å². The molecule has 1 radical (unpaired) electrons. The second-order valence-corrected chi connectivity index (χ2v) is 0.969. The van der Waals surface area contributed by atoms with Crippen molar-refractivity contribution in [2.45, 2.75) is 0 Å². The van der Waals surface area contributed by atoms with Crippen molar-refractivity contribution >= 4 is 12.1 Å². The average Bonchev–Trinajstić information content (AvgIpc) is 1.62. The number of nitrogens with one attached hydrogen (secondary N) is 1. The van der Waals surface area contributed by atoms with E-state index >= 15 is 0 Å². The molecule has 0 saturated heterocycles. The summed E-state index contributed by atoms with van der Waals surface area (Å²) >= 11 is 0. The summed E-state index contributed by atoms with van der Waals surface area (Å²) in [4.78, 5) is 19.2. The fraction of sp³-hybridized carbons (Fsp3) is 0. The van der Waals surface area contributed by atoms with Crippen LogP contribution in [0.5, 0.6) is 0 Å². The molecule has 0 bridgehead atoms. The Kier molecular flexibility index (Phi) is 8.78. The summed E-state index contributed by atoms with van der Waals surface area (Å²) in [7, 11) is 0. The van der Waals surface area contributed by atoms with E-state index in [1.54, 1.807) is 5.32 Å². The van der Waals surface area contributed by atoms with Crippen molar-refractivity contribution in [2.75, 3.05) is 0 Å². The van der Waals surface area contributed by atoms with Crippen molar-refractivity contribution in [1.82, 2.24) is 5.32 Å². The molecule has 7 N–H and O–H groups in total. The molecule has 0 unspecified atom stereocenters. The minimum Gasteiger partial charge on any atom is -0.364 e. The first-order chi connectivity index (χ1) is 4.54. The molecule has 0 atom stereocenters. The van der Waals surface area contributed by atoms with E-state index < -0.39 is 12.1 Å². The smallest absolute Gasteiger partial charge is 0.320 e. The van der Waals surface area contributed by atoms with Crippen LogP contribution in [-0.2, 0) is 0 Å². The van der Waals surface area contributed by atoms with E-state index in [-0.39, 0.29) is 6.79 Å². The number of hydrogen-bond acceptors (Lipinski definition) is 4. The highest BCUT2D eigenvalue weighted by Gasteiger charge is 1.92. The summed E-state index contributed by atoms with van der Waals surface area (Å²) in [6.07, 6.45) is 0. The average molecular weight is 150 g/mol. The lowest BCUT2D eigenvalue weighted by atomic mass is 10.9. The van der Waals surface area contributed by atoms with Crippen molar-refractivity contribution in [1.29, 1.82) is 0 Å². The normalized spacial score (nSPS) is 7.00. The first-order valence-corrected chi connectivity index (χ1v) is 2.00. The molecule has 0 saturated carbocycles. The van der Waals surface area contributed by atoms with Crippen LogP contribution in [0.25, 0.3) is 0 Å². The third kappa shape index (κ3) is 30.2. The Morgan fingerprint density at radius 3 is 1.40 bits per heavy atom. The summed E-state index contributed by atoms with van der Waals surface area (Å²) in [5.41, 5.74) is 8.88. The van der Waals surface area contributed by atoms with E-state index in [1.807, 2.05) is 0 Å². The number of aliphatic hydroxyl groups is 2. The number of primary amides is 2. The van der Waals surface area contributed by atoms with Crippen LogP contribution >= 0.6 is 0 Å². The number of rotatable bonds is 0. The maximum Gasteiger partial charge on any atom is 0.320 e. The third-order valence-corrected chi connectivity index (χ3v) is 0.246. The lowest BCUT2D eigenvalue weighted by molar-refractivity contribution is 0.173. The molecular formula is C3H8N3O4. The Morgan fingerprint density at radius 1 is 1.20 bits per heavy atom. The Hall–Kier alpha value is -1.34. The second-order valence-electron chi connectivity index (χ2n) is 0.969. The monoisotopic (exact) mass is 150 g/mol. The third-order valence-electron chi connectivity index (χ3n) is 0.246. The molecule has 0 aromatic carbocycles. The van der Waals surface area contributed by atoms with Gasteiger partial charge in [-0.15, -0.1) is 0 Å². The van der Waals surface area contributed by atoms with E-state index in [0.29, 0.717) is 0 Å². The minimum absolute atomic E-state index is 0. The van der Waals surface area contributed by atoms with Gasteiger partial charge in [0, 0.05) is 0 Å². The molecule has 59 valence electrons. The van der Waals surface area contributed by atoms with Gasteiger partial charge < -0.3 is 21.7 Å². The summed E-state index contributed by atoms with van der Waals surface area (Å²) in [5, 5.41) is 15.6. The maximum absolute atomic E-state index is 9.62. The number of imide groups is 1. The van der Waals surface area contributed by atoms with Gasteiger partial charge in [-0.1, -0.05) is 0 Å². The molecule has 10 heavy (non-hydrogen) atoms. The van der Waals surface area contributed by atoms with E-state index in [9.17, 15) is 9.59 Å². The Labute approximate surface area is 56.6 Å². The largest absolute Gasteiger partial charge is 0.364 e. The number of carbonyl (C=O) groups excluding carboxylic acids is 2. The fourth-order valence-corrected chi connectivity index (χ4v) is 0.121. The topological polar surface area (TPSA) is 139 Å². The minimum atomic E-state index is -0.938. The molecule has 0 aliphatic rings. The van der Waals surface area contributed by atoms with E-state index in [4.69, 9.17) is 10.2 Å². The van der Waals surface area contributed by atoms with Crippen molar-refractivity contribution < 1.29 is 19.8 Å². The summed E-state index contributed by atoms with van der Waals surface area (Å²) in [6, 6.07) is -1.88. The van der Waals surface area contributed by atoms with E-state index in [0.717, 1.165) is 0 Å². The van der Waals surface area contributed by atoms with Gasteiger partial charge in [0.15, 0.2) is 0 Å². The van der Waals surface area contributed by atoms with Gasteiger partial charge in [0.2, 0.25) is 6.79 Å². The van der Waals surface area contributed by atoms with Gasteiger partial charge in [-0.3, -0.25) is 5.32 Å². The molecule has 0 aliphatic carbocycles. The highest BCUT2D eigenvalue weighted by Crippen LogP contribution is 1.51. The zero-order valence-electron chi connectivity index (χ0n) is 4.94. The molecule has 0 spiro atoms. The van der Waals surface area contributed by atoms with E-state index in [1.165, 1.54) is 0 Å². The van der Waals surface area contributed by atoms with Gasteiger partial charge in [0.1, 0.15) is 0 Å². The van der Waals surface area contributed by atoms with Crippen LogP contribution in [0.3, 0.4) is 0 Å². The number of aliphatic hydroxyl groups excluding tert-OH is 1. The van der Waals surface area contributed by atoms with Crippen LogP contribution in [0.2, 0.25) is 0 Å². The number of urea groups is 2. The number of hydrogen-bond donors (Lipinski definition) is 5. The quantitative estimate of drug-likeness (QED) is 0.289. The molecule has 4 amide bonds. The van der Waals surface area contributed by atoms with Gasteiger partial charge >= 0.3 is 12.1 Å². The van der Waals surface area contributed by atoms with Crippen LogP contribution in [0.1, 0.15) is 0 Å². The Bertz CT molecular complexity index is 102. The summed E-state index contributed by atoms with van der Waals surface area (Å²) < 4.78 is 0. The molecule has 7 nitrogen and oxygen atoms in total. The van der Waals surface area contributed by atoms with Crippen molar-refractivity contribution in [2.24, 2.45) is 11.5 Å². The molecule has 0 aromatic heterocycles. The number of carbonyl (C=O) groups is 2. The highest BCUT2D eigenvalue weighted by molar-refractivity contribution is 5.91. The Morgan fingerprint density at radius 2 is 1.40 bits per heavy atom. The molecule has 0 heterocycles. The molecule has 0 aromatic rings. The molecule has 0 rings (SSSR count). The van der Waals surface area contributed by atoms with Crippen LogP contribution in [0.15, 0.2) is 0 Å². The molecule has 0 aliphatic heterocycles. The fourth-order valence-electron chi connectivity index (χ4n) is 0.121. The van der Waals surface area contributed by atoms with Gasteiger partial charge in [-0.2, -0.15) is 0 Å². The zero-order valence-corrected chi connectivity index (χ0v) is 4.94. The van der Waals surface area contributed by atoms with Crippen LogP contribution < -0.4 is 16.8 Å². The first kappa shape index (κ1) is 11.5. The number of nitrogens with two attached hydrogens (primary N) is 2. The summed E-state index contributed by atoms with van der Waals surface area (Å²) in [6.45, 7) is 0. The second kappa shape index (κ2) is 7.66. The lowest BCUT2D eigenvalue weighted by Crippen LogP contribution is -2.38. The zero-order chi connectivity index (χ0) is 8.57. The van der Waals surface area contributed by atoms with Gasteiger partial charge in [0.25, 0.3) is 0 Å². The van der Waals surface area contributed by atoms with E-state index in [2.05, 4.69) is 11.5 Å². The van der Waals surface area contributed by atoms with Crippen LogP contribution in [-0.4, -0.2) is 22.3 Å². The molecule has 7 heteroatoms. The summed E-state index contributed by atoms with van der Waals surface area (Å²) in [5.74, 6) is 0. The van der Waals surface area contributed by atoms with Crippen molar-refractivity contribution in [3.8, 4) is 0 Å². The predicted molar refractivity (Wildman–Crippen MR) is 30.5 cm³/mol. The van der Waals surface area contributed by atoms with Crippen molar-refractivity contribution in [3.63, 3.8) is 0 Å². The standard InChI is InChI=1S/C2H5N3O2.CH3O2/c3-1(6)5-2(4)7;2-1-3/h(H5,3,4,5,6,7);1-3H. The molecular weight excluding hydrogens is 142 g/mol. The predicted octanol–water partition coefficient (Wildman–Crippen LogP) is -1.42. The van der Waals surface area contributed by atoms with Gasteiger partial charge in [-0.05, 0) is 0 Å². The molecule has 0 fully saturated rings. The number of amides is 4. The lowest BCUT2D eigenvalue weighted by Gasteiger charge is -1.88. The van der Waals surface area contributed by atoms with Crippen molar-refractivity contribution in [3.05, 3.63) is 6.79 Å². The Balaban J connectivity index is 0. The SMILES string of the molecule is NC(=O)NC(N)=O.O[CH]O. The highest BCUT2D eigenvalue weighted by atomic mass is 16.5. The maximum atomic E-state index is 9.62. The first-order valence-electron chi connectivity index (χ1n) is 2.00. The van der Waals surface area contributed by atoms with Crippen LogP contribution in [0, 0.1) is 6.79 Å². The van der Waals surface area contributed by atoms with Crippen LogP contribution in [0.4, 0.5) is 9.59 Å². The van der Waals surface area contributed by atoms with Gasteiger partial charge in [-0.25, -0.2) is 9.59 Å².